The molecule has 28 heavy (non-hydrogen) atoms. The van der Waals surface area contributed by atoms with Crippen LogP contribution in [0.15, 0.2) is 28.8 Å². The average molecular weight is 407 g/mol. The molecule has 2 fully saturated rings. The number of hydrogen-bond donors (Lipinski definition) is 2. The van der Waals surface area contributed by atoms with E-state index < -0.39 is 0 Å². The first-order valence-corrected chi connectivity index (χ1v) is 9.59. The highest BCUT2D eigenvalue weighted by molar-refractivity contribution is 5.85. The minimum Gasteiger partial charge on any atom is -0.396 e. The number of hydrogen-bond acceptors (Lipinski definition) is 6. The number of rotatable bonds is 6. The number of aromatic nitrogens is 2. The minimum atomic E-state index is -0.148. The fourth-order valence-corrected chi connectivity index (χ4v) is 4.27. The molecule has 2 N–H and O–H groups in total. The Morgan fingerprint density at radius 3 is 3.00 bits per heavy atom. The summed E-state index contributed by atoms with van der Waals surface area (Å²) >= 11 is 0. The van der Waals surface area contributed by atoms with E-state index in [0.717, 1.165) is 30.8 Å². The zero-order chi connectivity index (χ0) is 18.9. The summed E-state index contributed by atoms with van der Waals surface area (Å²) in [5.74, 6) is 1.67. The first-order valence-electron chi connectivity index (χ1n) is 9.59. The highest BCUT2D eigenvalue weighted by atomic mass is 35.5. The third-order valence-corrected chi connectivity index (χ3v) is 5.98. The van der Waals surface area contributed by atoms with Crippen molar-refractivity contribution in [3.8, 4) is 11.4 Å². The molecular weight excluding hydrogens is 380 g/mol. The van der Waals surface area contributed by atoms with Crippen LogP contribution in [0.4, 0.5) is 0 Å². The maximum atomic E-state index is 12.6. The molecule has 7 nitrogen and oxygen atoms in total. The number of carbonyl (C=O) groups excluding carboxylic acids is 1. The van der Waals surface area contributed by atoms with Crippen LogP contribution in [0, 0.1) is 18.3 Å². The fourth-order valence-electron chi connectivity index (χ4n) is 4.27. The summed E-state index contributed by atoms with van der Waals surface area (Å²) in [6.07, 6.45) is 1.73. The van der Waals surface area contributed by atoms with Crippen LogP contribution in [0.3, 0.4) is 0 Å². The van der Waals surface area contributed by atoms with Gasteiger partial charge < -0.3 is 19.8 Å². The van der Waals surface area contributed by atoms with Gasteiger partial charge in [-0.2, -0.15) is 4.98 Å². The SMILES string of the molecule is Cc1ccccc1-c1noc(CCCC(=O)N2CC3CNCC3(CO)C2)n1.Cl. The highest BCUT2D eigenvalue weighted by Gasteiger charge is 2.50. The van der Waals surface area contributed by atoms with Crippen molar-refractivity contribution < 1.29 is 14.4 Å². The van der Waals surface area contributed by atoms with Gasteiger partial charge in [-0.15, -0.1) is 12.4 Å². The van der Waals surface area contributed by atoms with Gasteiger partial charge >= 0.3 is 0 Å². The number of likely N-dealkylation sites (tertiary alicyclic amines) is 1. The summed E-state index contributed by atoms with van der Waals surface area (Å²) in [6, 6.07) is 7.93. The summed E-state index contributed by atoms with van der Waals surface area (Å²) in [5.41, 5.74) is 1.92. The van der Waals surface area contributed by atoms with E-state index in [2.05, 4.69) is 15.5 Å². The van der Waals surface area contributed by atoms with E-state index in [0.29, 0.717) is 43.4 Å². The van der Waals surface area contributed by atoms with E-state index in [1.807, 2.05) is 36.1 Å². The fraction of sp³-hybridized carbons (Fsp3) is 0.550. The zero-order valence-electron chi connectivity index (χ0n) is 16.1. The molecular formula is C20H27ClN4O3. The van der Waals surface area contributed by atoms with Gasteiger partial charge in [-0.25, -0.2) is 0 Å². The largest absolute Gasteiger partial charge is 0.396 e. The van der Waals surface area contributed by atoms with E-state index in [9.17, 15) is 9.90 Å². The molecule has 4 rings (SSSR count). The predicted octanol–water partition coefficient (Wildman–Crippen LogP) is 1.83. The van der Waals surface area contributed by atoms with Gasteiger partial charge in [0.05, 0.1) is 6.61 Å². The Hall–Kier alpha value is -1.96. The molecule has 0 spiro atoms. The Bertz CT molecular complexity index is 827. The lowest BCUT2D eigenvalue weighted by Crippen LogP contribution is -2.37. The van der Waals surface area contributed by atoms with Gasteiger partial charge in [-0.1, -0.05) is 29.4 Å². The zero-order valence-corrected chi connectivity index (χ0v) is 16.9. The summed E-state index contributed by atoms with van der Waals surface area (Å²) in [6.45, 7) is 5.22. The Labute approximate surface area is 170 Å². The standard InChI is InChI=1S/C20H26N4O3.ClH/c1-14-5-2-3-6-16(14)19-22-17(27-23-19)7-4-8-18(26)24-10-15-9-21-11-20(15,12-24)13-25;/h2-3,5-6,15,21,25H,4,7-13H2,1H3;1H. The second kappa shape index (κ2) is 8.59. The van der Waals surface area contributed by atoms with Gasteiger partial charge in [0, 0.05) is 50.0 Å². The van der Waals surface area contributed by atoms with Gasteiger partial charge in [-0.3, -0.25) is 4.79 Å². The maximum Gasteiger partial charge on any atom is 0.226 e. The monoisotopic (exact) mass is 406 g/mol. The Kier molecular flexibility index (Phi) is 6.37. The summed E-state index contributed by atoms with van der Waals surface area (Å²) in [4.78, 5) is 18.9. The molecule has 0 aliphatic carbocycles. The first kappa shape index (κ1) is 20.8. The summed E-state index contributed by atoms with van der Waals surface area (Å²) in [7, 11) is 0. The van der Waals surface area contributed by atoms with Gasteiger partial charge in [0.1, 0.15) is 0 Å². The molecule has 2 aliphatic rings. The number of nitrogens with one attached hydrogen (secondary N) is 1. The van der Waals surface area contributed by atoms with Crippen LogP contribution >= 0.6 is 12.4 Å². The minimum absolute atomic E-state index is 0. The lowest BCUT2D eigenvalue weighted by Gasteiger charge is -2.25. The van der Waals surface area contributed by atoms with Crippen molar-refractivity contribution in [1.82, 2.24) is 20.4 Å². The predicted molar refractivity (Wildman–Crippen MR) is 107 cm³/mol. The molecule has 1 amide bonds. The number of benzene rings is 1. The van der Waals surface area contributed by atoms with Crippen LogP contribution in [0.2, 0.25) is 0 Å². The molecule has 0 bridgehead atoms. The van der Waals surface area contributed by atoms with Crippen molar-refractivity contribution in [1.29, 1.82) is 0 Å². The van der Waals surface area contributed by atoms with Crippen LogP contribution in [0.25, 0.3) is 11.4 Å². The number of fused-ring (bicyclic) bond motifs is 1. The highest BCUT2D eigenvalue weighted by Crippen LogP contribution is 2.38. The van der Waals surface area contributed by atoms with Crippen LogP contribution in [-0.4, -0.2) is 58.8 Å². The second-order valence-electron chi connectivity index (χ2n) is 7.80. The molecule has 0 saturated carbocycles. The summed E-state index contributed by atoms with van der Waals surface area (Å²) < 4.78 is 5.35. The van der Waals surface area contributed by atoms with Gasteiger partial charge in [0.25, 0.3) is 0 Å². The molecule has 1 aromatic heterocycles. The number of halogens is 1. The molecule has 8 heteroatoms. The summed E-state index contributed by atoms with van der Waals surface area (Å²) in [5, 5.41) is 17.2. The van der Waals surface area contributed by atoms with E-state index in [1.165, 1.54) is 0 Å². The normalized spacial score (nSPS) is 23.5. The quantitative estimate of drug-likeness (QED) is 0.760. The molecule has 152 valence electrons. The van der Waals surface area contributed by atoms with E-state index in [4.69, 9.17) is 4.52 Å². The Morgan fingerprint density at radius 1 is 1.43 bits per heavy atom. The van der Waals surface area contributed by atoms with Crippen LogP contribution in [0.1, 0.15) is 24.3 Å². The Balaban J connectivity index is 0.00000225. The molecule has 2 aliphatic heterocycles. The number of aliphatic hydroxyl groups excluding tert-OH is 1. The van der Waals surface area contributed by atoms with Crippen LogP contribution < -0.4 is 5.32 Å². The van der Waals surface area contributed by atoms with Crippen molar-refractivity contribution in [2.24, 2.45) is 11.3 Å². The molecule has 1 aromatic carbocycles. The van der Waals surface area contributed by atoms with E-state index in [-0.39, 0.29) is 30.3 Å². The molecule has 2 unspecified atom stereocenters. The molecule has 0 radical (unpaired) electrons. The van der Waals surface area contributed by atoms with Gasteiger partial charge in [0.15, 0.2) is 0 Å². The number of aliphatic hydroxyl groups is 1. The lowest BCUT2D eigenvalue weighted by atomic mass is 9.82. The number of nitrogens with zero attached hydrogens (tertiary/aromatic N) is 3. The van der Waals surface area contributed by atoms with Crippen LogP contribution in [0.5, 0.6) is 0 Å². The Morgan fingerprint density at radius 2 is 2.25 bits per heavy atom. The first-order chi connectivity index (χ1) is 13.1. The van der Waals surface area contributed by atoms with Crippen molar-refractivity contribution in [2.45, 2.75) is 26.2 Å². The molecule has 3 heterocycles. The molecule has 2 saturated heterocycles. The molecule has 2 aromatic rings. The van der Waals surface area contributed by atoms with Crippen molar-refractivity contribution >= 4 is 18.3 Å². The van der Waals surface area contributed by atoms with E-state index in [1.54, 1.807) is 0 Å². The maximum absolute atomic E-state index is 12.6. The number of amides is 1. The van der Waals surface area contributed by atoms with Gasteiger partial charge in [0.2, 0.25) is 17.6 Å². The number of carbonyl (C=O) groups is 1. The third kappa shape index (κ3) is 3.92. The topological polar surface area (TPSA) is 91.5 Å². The smallest absolute Gasteiger partial charge is 0.226 e. The van der Waals surface area contributed by atoms with Crippen molar-refractivity contribution in [3.05, 3.63) is 35.7 Å². The van der Waals surface area contributed by atoms with Crippen LogP contribution in [-0.2, 0) is 11.2 Å². The van der Waals surface area contributed by atoms with Crippen molar-refractivity contribution in [2.75, 3.05) is 32.8 Å². The van der Waals surface area contributed by atoms with E-state index >= 15 is 0 Å². The average Bonchev–Trinajstić information content (AvgIpc) is 3.36. The number of aryl methyl sites for hydroxylation is 2. The van der Waals surface area contributed by atoms with Gasteiger partial charge in [-0.05, 0) is 24.8 Å². The lowest BCUT2D eigenvalue weighted by molar-refractivity contribution is -0.130. The second-order valence-corrected chi connectivity index (χ2v) is 7.80. The molecule has 2 atom stereocenters. The van der Waals surface area contributed by atoms with Crippen molar-refractivity contribution in [3.63, 3.8) is 0 Å². The third-order valence-electron chi connectivity index (χ3n) is 5.98.